The molecule has 0 saturated carbocycles. The summed E-state index contributed by atoms with van der Waals surface area (Å²) < 4.78 is 1.71. The lowest BCUT2D eigenvalue weighted by atomic mass is 9.93. The molecule has 1 aliphatic rings. The Balaban J connectivity index is 1.41. The Morgan fingerprint density at radius 3 is 2.74 bits per heavy atom. The fourth-order valence-electron chi connectivity index (χ4n) is 2.90. The van der Waals surface area contributed by atoms with Crippen molar-refractivity contribution in [1.82, 2.24) is 25.4 Å². The van der Waals surface area contributed by atoms with Crippen molar-refractivity contribution in [2.24, 2.45) is 5.92 Å². The lowest BCUT2D eigenvalue weighted by Crippen LogP contribution is -2.29. The zero-order valence-corrected chi connectivity index (χ0v) is 13.2. The molecule has 1 fully saturated rings. The molecule has 0 atom stereocenters. The van der Waals surface area contributed by atoms with Gasteiger partial charge in [0.1, 0.15) is 12.7 Å². The standard InChI is InChI=1S/C17H23N5O/c23-17(6-3-14-7-9-18-10-8-14)20-11-15-1-4-16(5-2-15)22-13-19-12-21-22/h1-2,4-5,12-14,18H,3,6-11H2,(H,20,23). The average molecular weight is 313 g/mol. The van der Waals surface area contributed by atoms with E-state index in [1.165, 1.54) is 19.2 Å². The predicted octanol–water partition coefficient (Wildman–Crippen LogP) is 1.66. The molecule has 0 radical (unpaired) electrons. The molecule has 3 rings (SSSR count). The molecule has 1 aromatic heterocycles. The first kappa shape index (κ1) is 15.7. The van der Waals surface area contributed by atoms with Crippen LogP contribution >= 0.6 is 0 Å². The van der Waals surface area contributed by atoms with Crippen LogP contribution in [0.4, 0.5) is 0 Å². The van der Waals surface area contributed by atoms with Crippen LogP contribution in [0.1, 0.15) is 31.2 Å². The number of hydrogen-bond acceptors (Lipinski definition) is 4. The molecule has 0 aliphatic carbocycles. The van der Waals surface area contributed by atoms with Gasteiger partial charge in [-0.25, -0.2) is 9.67 Å². The lowest BCUT2D eigenvalue weighted by Gasteiger charge is -2.22. The van der Waals surface area contributed by atoms with Crippen LogP contribution in [0.3, 0.4) is 0 Å². The maximum atomic E-state index is 12.0. The van der Waals surface area contributed by atoms with E-state index >= 15 is 0 Å². The van der Waals surface area contributed by atoms with Crippen LogP contribution < -0.4 is 10.6 Å². The van der Waals surface area contributed by atoms with Gasteiger partial charge in [0.2, 0.25) is 5.91 Å². The van der Waals surface area contributed by atoms with Crippen molar-refractivity contribution in [3.8, 4) is 5.69 Å². The van der Waals surface area contributed by atoms with E-state index in [0.717, 1.165) is 30.8 Å². The Morgan fingerprint density at radius 1 is 1.26 bits per heavy atom. The minimum Gasteiger partial charge on any atom is -0.352 e. The van der Waals surface area contributed by atoms with Gasteiger partial charge in [0.25, 0.3) is 0 Å². The number of hydrogen-bond donors (Lipinski definition) is 2. The quantitative estimate of drug-likeness (QED) is 0.851. The van der Waals surface area contributed by atoms with E-state index in [1.54, 1.807) is 11.0 Å². The van der Waals surface area contributed by atoms with E-state index in [9.17, 15) is 4.79 Å². The van der Waals surface area contributed by atoms with Gasteiger partial charge < -0.3 is 10.6 Å². The molecule has 2 aromatic rings. The molecule has 2 N–H and O–H groups in total. The smallest absolute Gasteiger partial charge is 0.220 e. The topological polar surface area (TPSA) is 71.8 Å². The van der Waals surface area contributed by atoms with Crippen molar-refractivity contribution < 1.29 is 4.79 Å². The van der Waals surface area contributed by atoms with Gasteiger partial charge in [-0.15, -0.1) is 0 Å². The van der Waals surface area contributed by atoms with Gasteiger partial charge >= 0.3 is 0 Å². The summed E-state index contributed by atoms with van der Waals surface area (Å²) in [6.07, 6.45) is 7.18. The monoisotopic (exact) mass is 313 g/mol. The number of carbonyl (C=O) groups is 1. The fraction of sp³-hybridized carbons (Fsp3) is 0.471. The van der Waals surface area contributed by atoms with E-state index in [1.807, 2.05) is 24.3 Å². The molecule has 1 aromatic carbocycles. The van der Waals surface area contributed by atoms with Crippen LogP contribution in [-0.2, 0) is 11.3 Å². The van der Waals surface area contributed by atoms with Crippen LogP contribution in [0.2, 0.25) is 0 Å². The predicted molar refractivity (Wildman–Crippen MR) is 88.0 cm³/mol. The maximum Gasteiger partial charge on any atom is 0.220 e. The number of rotatable bonds is 6. The highest BCUT2D eigenvalue weighted by molar-refractivity contribution is 5.75. The van der Waals surface area contributed by atoms with Crippen molar-refractivity contribution >= 4 is 5.91 Å². The molecule has 1 saturated heterocycles. The molecule has 1 aliphatic heterocycles. The first-order valence-corrected chi connectivity index (χ1v) is 8.22. The Bertz CT molecular complexity index is 602. The number of nitrogens with one attached hydrogen (secondary N) is 2. The number of aromatic nitrogens is 3. The second-order valence-corrected chi connectivity index (χ2v) is 6.02. The number of amides is 1. The van der Waals surface area contributed by atoms with Crippen molar-refractivity contribution in [3.63, 3.8) is 0 Å². The van der Waals surface area contributed by atoms with E-state index in [-0.39, 0.29) is 5.91 Å². The minimum absolute atomic E-state index is 0.142. The normalized spacial score (nSPS) is 15.5. The molecule has 122 valence electrons. The second kappa shape index (κ2) is 7.87. The summed E-state index contributed by atoms with van der Waals surface area (Å²) in [6, 6.07) is 7.96. The average Bonchev–Trinajstić information content (AvgIpc) is 3.14. The maximum absolute atomic E-state index is 12.0. The zero-order valence-electron chi connectivity index (χ0n) is 13.2. The van der Waals surface area contributed by atoms with Crippen LogP contribution in [0.15, 0.2) is 36.9 Å². The van der Waals surface area contributed by atoms with Gasteiger partial charge in [0.05, 0.1) is 5.69 Å². The summed E-state index contributed by atoms with van der Waals surface area (Å²) in [6.45, 7) is 2.75. The Morgan fingerprint density at radius 2 is 2.04 bits per heavy atom. The summed E-state index contributed by atoms with van der Waals surface area (Å²) in [5.74, 6) is 0.841. The molecule has 0 unspecified atom stereocenters. The van der Waals surface area contributed by atoms with Crippen LogP contribution in [0, 0.1) is 5.92 Å². The number of benzene rings is 1. The number of nitrogens with zero attached hydrogens (tertiary/aromatic N) is 3. The fourth-order valence-corrected chi connectivity index (χ4v) is 2.90. The molecule has 2 heterocycles. The highest BCUT2D eigenvalue weighted by Gasteiger charge is 2.14. The molecule has 23 heavy (non-hydrogen) atoms. The third-order valence-electron chi connectivity index (χ3n) is 4.35. The largest absolute Gasteiger partial charge is 0.352 e. The second-order valence-electron chi connectivity index (χ2n) is 6.02. The van der Waals surface area contributed by atoms with Crippen molar-refractivity contribution in [1.29, 1.82) is 0 Å². The Hall–Kier alpha value is -2.21. The summed E-state index contributed by atoms with van der Waals surface area (Å²) >= 11 is 0. The van der Waals surface area contributed by atoms with Crippen LogP contribution in [-0.4, -0.2) is 33.8 Å². The summed E-state index contributed by atoms with van der Waals surface area (Å²) in [5.41, 5.74) is 2.05. The van der Waals surface area contributed by atoms with Gasteiger partial charge in [0, 0.05) is 13.0 Å². The van der Waals surface area contributed by atoms with E-state index in [2.05, 4.69) is 20.7 Å². The van der Waals surface area contributed by atoms with Crippen molar-refractivity contribution in [2.45, 2.75) is 32.2 Å². The van der Waals surface area contributed by atoms with Crippen LogP contribution in [0.25, 0.3) is 5.69 Å². The van der Waals surface area contributed by atoms with E-state index in [0.29, 0.717) is 18.9 Å². The first-order valence-electron chi connectivity index (χ1n) is 8.22. The lowest BCUT2D eigenvalue weighted by molar-refractivity contribution is -0.121. The summed E-state index contributed by atoms with van der Waals surface area (Å²) in [5, 5.41) is 10.4. The highest BCUT2D eigenvalue weighted by Crippen LogP contribution is 2.17. The van der Waals surface area contributed by atoms with E-state index < -0.39 is 0 Å². The van der Waals surface area contributed by atoms with Crippen molar-refractivity contribution in [2.75, 3.05) is 13.1 Å². The van der Waals surface area contributed by atoms with Gasteiger partial charge in [-0.05, 0) is 56.0 Å². The summed E-state index contributed by atoms with van der Waals surface area (Å²) in [4.78, 5) is 15.9. The van der Waals surface area contributed by atoms with Gasteiger partial charge in [0.15, 0.2) is 0 Å². The van der Waals surface area contributed by atoms with Gasteiger partial charge in [-0.2, -0.15) is 5.10 Å². The molecule has 0 spiro atoms. The van der Waals surface area contributed by atoms with Crippen LogP contribution in [0.5, 0.6) is 0 Å². The third kappa shape index (κ3) is 4.63. The number of piperidine rings is 1. The molecular weight excluding hydrogens is 290 g/mol. The SMILES string of the molecule is O=C(CCC1CCNCC1)NCc1ccc(-n2cncn2)cc1. The van der Waals surface area contributed by atoms with E-state index in [4.69, 9.17) is 0 Å². The molecule has 0 bridgehead atoms. The zero-order chi connectivity index (χ0) is 15.9. The molecular formula is C17H23N5O. The van der Waals surface area contributed by atoms with Gasteiger partial charge in [-0.3, -0.25) is 4.79 Å². The van der Waals surface area contributed by atoms with Gasteiger partial charge in [-0.1, -0.05) is 12.1 Å². The molecule has 6 heteroatoms. The first-order chi connectivity index (χ1) is 11.3. The Kier molecular flexibility index (Phi) is 5.37. The third-order valence-corrected chi connectivity index (χ3v) is 4.35. The minimum atomic E-state index is 0.142. The highest BCUT2D eigenvalue weighted by atomic mass is 16.1. The molecule has 6 nitrogen and oxygen atoms in total. The number of carbonyl (C=O) groups excluding carboxylic acids is 1. The molecule has 1 amide bonds. The van der Waals surface area contributed by atoms with Crippen molar-refractivity contribution in [3.05, 3.63) is 42.5 Å². The Labute approximate surface area is 136 Å². The summed E-state index contributed by atoms with van der Waals surface area (Å²) in [7, 11) is 0.